The van der Waals surface area contributed by atoms with Gasteiger partial charge in [-0.3, -0.25) is 4.79 Å². The summed E-state index contributed by atoms with van der Waals surface area (Å²) in [5.41, 5.74) is -1.41. The summed E-state index contributed by atoms with van der Waals surface area (Å²) in [4.78, 5) is 26.9. The number of hydrogen-bond acceptors (Lipinski definition) is 26. The average Bonchev–Trinajstić information content (AvgIpc) is 3.33. The maximum Gasteiger partial charge on any atom is 0.330 e. The van der Waals surface area contributed by atoms with Crippen molar-refractivity contribution in [3.8, 4) is 57.3 Å². The second-order valence-corrected chi connectivity index (χ2v) is 16.1. The molecule has 3 aliphatic rings. The fourth-order valence-corrected chi connectivity index (χ4v) is 7.82. The van der Waals surface area contributed by atoms with Crippen molar-refractivity contribution in [1.29, 1.82) is 0 Å². The summed E-state index contributed by atoms with van der Waals surface area (Å²) in [6.45, 7) is -2.77. The smallest absolute Gasteiger partial charge is 0.330 e. The first-order valence-electron chi connectivity index (χ1n) is 21.1. The van der Waals surface area contributed by atoms with Crippen molar-refractivity contribution in [3.63, 3.8) is 0 Å². The molecule has 0 amide bonds. The summed E-state index contributed by atoms with van der Waals surface area (Å²) < 4.78 is 56.2. The van der Waals surface area contributed by atoms with E-state index in [0.717, 1.165) is 36.4 Å². The Balaban J connectivity index is 1.17. The molecule has 14 N–H and O–H groups in total. The molecular formula is C44H50O26. The summed E-state index contributed by atoms with van der Waals surface area (Å²) >= 11 is 0. The standard InChI is InChI=1S/C44H50O26/c1-61-22-7-15(8-23(62-2)29(22)52)3-6-27(51)63-14-26-32(55)34(57)37(60)42(67-26)69-40-35(58)30(53)25(13-46)66-44(40)70-41-36(59)31(54)24(12-45)65-43(41)68-39-33(56)28-20(50)10-17(47)11-21(28)64-38(39)16-4-5-18(48)19(49)9-16/h3-11,24-26,30-32,34-37,40-50,52-55,57-60H,12-14H2,1-2H3/b6-3+/t24?,25?,26?,30-,31+,32+,34?,35?,36-,37+,40?,41?,42-,43-,44-/m0/s1. The topological polar surface area (TPSA) is 414 Å². The zero-order chi connectivity index (χ0) is 50.9. The van der Waals surface area contributed by atoms with Gasteiger partial charge in [-0.25, -0.2) is 4.79 Å². The van der Waals surface area contributed by atoms with Gasteiger partial charge in [-0.05, 0) is 42.0 Å². The number of ether oxygens (including phenoxy) is 9. The van der Waals surface area contributed by atoms with Crippen molar-refractivity contribution in [2.45, 2.75) is 92.1 Å². The Hall–Kier alpha value is -6.08. The van der Waals surface area contributed by atoms with Crippen LogP contribution in [0.5, 0.6) is 46.0 Å². The molecule has 3 fully saturated rings. The number of hydrogen-bond donors (Lipinski definition) is 14. The summed E-state index contributed by atoms with van der Waals surface area (Å²) in [5, 5.41) is 149. The van der Waals surface area contributed by atoms with E-state index >= 15 is 0 Å². The number of benzene rings is 3. The molecule has 26 heteroatoms. The number of phenolic OH excluding ortho intramolecular Hbond substituents is 5. The fraction of sp³-hybridized carbons (Fsp3) is 0.455. The minimum absolute atomic E-state index is 0.0258. The van der Waals surface area contributed by atoms with Crippen LogP contribution in [-0.4, -0.2) is 204 Å². The van der Waals surface area contributed by atoms with Gasteiger partial charge in [-0.2, -0.15) is 0 Å². The van der Waals surface area contributed by atoms with E-state index in [1.165, 1.54) is 32.4 Å². The highest BCUT2D eigenvalue weighted by atomic mass is 16.8. The van der Waals surface area contributed by atoms with Gasteiger partial charge in [0, 0.05) is 23.8 Å². The molecule has 1 aromatic heterocycles. The van der Waals surface area contributed by atoms with Crippen LogP contribution in [0.15, 0.2) is 57.8 Å². The highest BCUT2D eigenvalue weighted by Gasteiger charge is 2.55. The van der Waals surface area contributed by atoms with E-state index in [1.54, 1.807) is 0 Å². The number of aromatic hydroxyl groups is 5. The quantitative estimate of drug-likeness (QED) is 0.0323. The Morgan fingerprint density at radius 2 is 1.21 bits per heavy atom. The predicted molar refractivity (Wildman–Crippen MR) is 228 cm³/mol. The van der Waals surface area contributed by atoms with Crippen LogP contribution >= 0.6 is 0 Å². The third-order valence-electron chi connectivity index (χ3n) is 11.6. The third-order valence-corrected chi connectivity index (χ3v) is 11.6. The molecule has 0 saturated carbocycles. The SMILES string of the molecule is COc1cc(/C=C/C(=O)OCC2O[C@@H](OC3C(O)[C@@H](O)C(CO)O[C@H]3OC3[C@H](Oc4c(-c5ccc(O)c(O)c5)oc5cc(O)cc(O)c5c4=O)OC(CO)[C@@H](O)[C@@H]3O)[C@H](O)C(O)[C@@H]2O)cc(OC)c1O. The van der Waals surface area contributed by atoms with E-state index in [4.69, 9.17) is 47.0 Å². The van der Waals surface area contributed by atoms with E-state index < -0.39 is 169 Å². The van der Waals surface area contributed by atoms with Crippen molar-refractivity contribution in [2.24, 2.45) is 0 Å². The molecule has 26 nitrogen and oxygen atoms in total. The first-order chi connectivity index (χ1) is 33.3. The highest BCUT2D eigenvalue weighted by Crippen LogP contribution is 2.41. The lowest BCUT2D eigenvalue weighted by atomic mass is 9.96. The number of carbonyl (C=O) groups excluding carboxylic acids is 1. The van der Waals surface area contributed by atoms with Crippen LogP contribution in [0, 0.1) is 0 Å². The molecule has 3 saturated heterocycles. The first-order valence-corrected chi connectivity index (χ1v) is 21.1. The second-order valence-electron chi connectivity index (χ2n) is 16.1. The number of aliphatic hydroxyl groups is 9. The molecule has 0 spiro atoms. The number of rotatable bonds is 15. The molecule has 0 aliphatic carbocycles. The van der Waals surface area contributed by atoms with Crippen molar-refractivity contribution < 1.29 is 123 Å². The van der Waals surface area contributed by atoms with Crippen LogP contribution in [0.4, 0.5) is 0 Å². The first kappa shape index (κ1) is 51.8. The molecule has 15 atom stereocenters. The summed E-state index contributed by atoms with van der Waals surface area (Å²) in [5.74, 6) is -5.30. The Kier molecular flexibility index (Phi) is 15.9. The minimum atomic E-state index is -2.18. The van der Waals surface area contributed by atoms with Gasteiger partial charge in [0.1, 0.15) is 96.2 Å². The van der Waals surface area contributed by atoms with Gasteiger partial charge in [-0.1, -0.05) is 0 Å². The molecule has 0 radical (unpaired) electrons. The lowest BCUT2D eigenvalue weighted by molar-refractivity contribution is -0.389. The molecule has 3 aromatic carbocycles. The number of methoxy groups -OCH3 is 2. The zero-order valence-electron chi connectivity index (χ0n) is 36.6. The van der Waals surface area contributed by atoms with Crippen molar-refractivity contribution in [1.82, 2.24) is 0 Å². The van der Waals surface area contributed by atoms with Crippen molar-refractivity contribution in [2.75, 3.05) is 34.0 Å². The van der Waals surface area contributed by atoms with E-state index in [1.807, 2.05) is 0 Å². The number of carbonyl (C=O) groups is 1. The molecule has 382 valence electrons. The van der Waals surface area contributed by atoms with Crippen LogP contribution in [-0.2, 0) is 33.2 Å². The Morgan fingerprint density at radius 3 is 1.81 bits per heavy atom. The van der Waals surface area contributed by atoms with Crippen LogP contribution in [0.2, 0.25) is 0 Å². The number of esters is 1. The van der Waals surface area contributed by atoms with E-state index in [2.05, 4.69) is 0 Å². The van der Waals surface area contributed by atoms with Crippen LogP contribution in [0.25, 0.3) is 28.4 Å². The molecule has 7 rings (SSSR count). The maximum absolute atomic E-state index is 14.2. The summed E-state index contributed by atoms with van der Waals surface area (Å²) in [7, 11) is 2.59. The minimum Gasteiger partial charge on any atom is -0.508 e. The van der Waals surface area contributed by atoms with Crippen LogP contribution in [0.3, 0.4) is 0 Å². The van der Waals surface area contributed by atoms with Gasteiger partial charge in [0.2, 0.25) is 23.2 Å². The molecule has 70 heavy (non-hydrogen) atoms. The summed E-state index contributed by atoms with van der Waals surface area (Å²) in [6, 6.07) is 7.64. The normalized spacial score (nSPS) is 31.4. The van der Waals surface area contributed by atoms with E-state index in [-0.39, 0.29) is 22.8 Å². The second kappa shape index (κ2) is 21.5. The molecule has 0 bridgehead atoms. The van der Waals surface area contributed by atoms with Gasteiger partial charge in [0.15, 0.2) is 47.4 Å². The van der Waals surface area contributed by atoms with Gasteiger partial charge >= 0.3 is 5.97 Å². The molecule has 3 aliphatic heterocycles. The Morgan fingerprint density at radius 1 is 0.643 bits per heavy atom. The number of aliphatic hydroxyl groups excluding tert-OH is 9. The Labute approximate surface area is 393 Å². The zero-order valence-corrected chi connectivity index (χ0v) is 36.6. The molecule has 4 aromatic rings. The molecule has 7 unspecified atom stereocenters. The van der Waals surface area contributed by atoms with Gasteiger partial charge in [0.05, 0.1) is 27.4 Å². The van der Waals surface area contributed by atoms with Crippen molar-refractivity contribution in [3.05, 3.63) is 64.3 Å². The highest BCUT2D eigenvalue weighted by molar-refractivity contribution is 5.89. The number of fused-ring (bicyclic) bond motifs is 1. The lowest BCUT2D eigenvalue weighted by Gasteiger charge is -2.48. The Bertz CT molecular complexity index is 2560. The van der Waals surface area contributed by atoms with E-state index in [9.17, 15) is 81.1 Å². The average molecular weight is 995 g/mol. The van der Waals surface area contributed by atoms with Crippen molar-refractivity contribution >= 4 is 23.0 Å². The van der Waals surface area contributed by atoms with Gasteiger partial charge in [-0.15, -0.1) is 0 Å². The lowest BCUT2D eigenvalue weighted by Crippen LogP contribution is -2.67. The van der Waals surface area contributed by atoms with Gasteiger partial charge < -0.3 is 119 Å². The number of phenols is 5. The maximum atomic E-state index is 14.2. The monoisotopic (exact) mass is 994 g/mol. The van der Waals surface area contributed by atoms with Crippen LogP contribution < -0.4 is 19.6 Å². The molecular weight excluding hydrogens is 944 g/mol. The third kappa shape index (κ3) is 10.4. The summed E-state index contributed by atoms with van der Waals surface area (Å²) in [6.07, 6.45) is -27.9. The van der Waals surface area contributed by atoms with Crippen LogP contribution in [0.1, 0.15) is 5.56 Å². The molecule has 4 heterocycles. The predicted octanol–water partition coefficient (Wildman–Crippen LogP) is -2.90. The fourth-order valence-electron chi connectivity index (χ4n) is 7.82. The van der Waals surface area contributed by atoms with Gasteiger partial charge in [0.25, 0.3) is 0 Å². The van der Waals surface area contributed by atoms with E-state index in [0.29, 0.717) is 5.56 Å². The largest absolute Gasteiger partial charge is 0.508 e.